The lowest BCUT2D eigenvalue weighted by Crippen LogP contribution is -2.33. The molecule has 3 aliphatic heterocycles. The Labute approximate surface area is 188 Å². The number of rotatable bonds is 8. The third kappa shape index (κ3) is 6.42. The smallest absolute Gasteiger partial charge is 0.387 e. The SMILES string of the molecule is Cc1cc2cc([C@@H]3O[C@H](COP(=O)(O)OP(=O)(O)OP(=O)(O)O)[C@H](O)C3O)c(=O)nc-2[nH]c1F. The number of phosphoric acid groups is 3. The molecule has 0 aromatic rings. The molecular formula is C14H18FN2O14P3. The second kappa shape index (κ2) is 9.56. The van der Waals surface area contributed by atoms with Crippen LogP contribution in [-0.2, 0) is 31.6 Å². The Morgan fingerprint density at radius 2 is 1.74 bits per heavy atom. The van der Waals surface area contributed by atoms with Gasteiger partial charge in [0.1, 0.15) is 30.2 Å². The molecule has 7 N–H and O–H groups in total. The maximum atomic E-state index is 13.7. The second-order valence-corrected chi connectivity index (χ2v) is 11.5. The van der Waals surface area contributed by atoms with Gasteiger partial charge in [0.2, 0.25) is 0 Å². The summed E-state index contributed by atoms with van der Waals surface area (Å²) in [5, 5.41) is 20.5. The minimum atomic E-state index is -5.76. The lowest BCUT2D eigenvalue weighted by molar-refractivity contribution is -0.0226. The lowest BCUT2D eigenvalue weighted by atomic mass is 10.0. The third-order valence-electron chi connectivity index (χ3n) is 4.48. The van der Waals surface area contributed by atoms with Crippen LogP contribution in [0.5, 0.6) is 0 Å². The van der Waals surface area contributed by atoms with Gasteiger partial charge in [-0.25, -0.2) is 13.7 Å². The molecule has 20 heteroatoms. The molecule has 0 spiro atoms. The van der Waals surface area contributed by atoms with Gasteiger partial charge in [-0.15, -0.1) is 0 Å². The van der Waals surface area contributed by atoms with E-state index in [0.717, 1.165) is 0 Å². The number of nitrogens with one attached hydrogen (secondary N) is 1. The Bertz CT molecular complexity index is 1250. The number of ether oxygens (including phenoxy) is 1. The van der Waals surface area contributed by atoms with E-state index >= 15 is 0 Å². The number of aromatic amines is 1. The number of nitrogens with zero attached hydrogens (tertiary/aromatic N) is 1. The predicted octanol–water partition coefficient (Wildman–Crippen LogP) is -0.173. The summed E-state index contributed by atoms with van der Waals surface area (Å²) in [6, 6.07) is 2.60. The van der Waals surface area contributed by atoms with Gasteiger partial charge in [0.15, 0.2) is 5.95 Å². The van der Waals surface area contributed by atoms with Crippen molar-refractivity contribution in [3.05, 3.63) is 39.6 Å². The molecule has 0 saturated carbocycles. The van der Waals surface area contributed by atoms with E-state index in [9.17, 15) is 38.0 Å². The van der Waals surface area contributed by atoms with E-state index in [1.165, 1.54) is 19.1 Å². The summed E-state index contributed by atoms with van der Waals surface area (Å²) in [5.74, 6) is -0.805. The quantitative estimate of drug-likeness (QED) is 0.166. The Hall–Kier alpha value is -1.42. The monoisotopic (exact) mass is 550 g/mol. The van der Waals surface area contributed by atoms with Gasteiger partial charge in [-0.05, 0) is 19.1 Å². The van der Waals surface area contributed by atoms with Gasteiger partial charge in [0, 0.05) is 11.1 Å². The number of pyridine rings is 2. The minimum absolute atomic E-state index is 0.0888. The van der Waals surface area contributed by atoms with Crippen LogP contribution in [0.2, 0.25) is 0 Å². The molecular weight excluding hydrogens is 532 g/mol. The molecule has 3 unspecified atom stereocenters. The summed E-state index contributed by atoms with van der Waals surface area (Å²) >= 11 is 0. The van der Waals surface area contributed by atoms with Crippen molar-refractivity contribution in [1.29, 1.82) is 0 Å². The third-order valence-corrected chi connectivity index (χ3v) is 8.28. The highest BCUT2D eigenvalue weighted by Crippen LogP contribution is 2.66. The van der Waals surface area contributed by atoms with Gasteiger partial charge in [-0.3, -0.25) is 9.32 Å². The number of H-pyrrole nitrogens is 1. The fraction of sp³-hybridized carbons (Fsp3) is 0.429. The van der Waals surface area contributed by atoms with E-state index in [2.05, 4.69) is 23.1 Å². The van der Waals surface area contributed by atoms with Crippen LogP contribution < -0.4 is 5.56 Å². The number of hydrogen-bond donors (Lipinski definition) is 7. The van der Waals surface area contributed by atoms with Crippen LogP contribution in [0.25, 0.3) is 11.4 Å². The Balaban J connectivity index is 1.75. The van der Waals surface area contributed by atoms with Gasteiger partial charge >= 0.3 is 23.5 Å². The van der Waals surface area contributed by atoms with E-state index in [-0.39, 0.29) is 22.5 Å². The molecule has 0 bridgehead atoms. The Morgan fingerprint density at radius 1 is 1.09 bits per heavy atom. The van der Waals surface area contributed by atoms with Crippen LogP contribution in [0.3, 0.4) is 0 Å². The number of aliphatic hydroxyl groups is 2. The van der Waals surface area contributed by atoms with Crippen molar-refractivity contribution in [1.82, 2.24) is 9.97 Å². The fourth-order valence-electron chi connectivity index (χ4n) is 3.06. The molecule has 190 valence electrons. The first-order valence-corrected chi connectivity index (χ1v) is 13.5. The van der Waals surface area contributed by atoms with Crippen molar-refractivity contribution in [3.63, 3.8) is 0 Å². The van der Waals surface area contributed by atoms with Crippen molar-refractivity contribution in [2.75, 3.05) is 6.61 Å². The highest BCUT2D eigenvalue weighted by molar-refractivity contribution is 7.66. The van der Waals surface area contributed by atoms with E-state index in [0.29, 0.717) is 0 Å². The van der Waals surface area contributed by atoms with Gasteiger partial charge < -0.3 is 39.5 Å². The molecule has 6 atom stereocenters. The van der Waals surface area contributed by atoms with Gasteiger partial charge in [-0.2, -0.15) is 18.0 Å². The fourth-order valence-corrected chi connectivity index (χ4v) is 6.09. The average Bonchev–Trinajstić information content (AvgIpc) is 2.93. The number of aryl methyl sites for hydroxylation is 1. The van der Waals surface area contributed by atoms with Crippen molar-refractivity contribution < 1.29 is 65.8 Å². The van der Waals surface area contributed by atoms with E-state index < -0.39 is 66.0 Å². The zero-order chi connectivity index (χ0) is 25.6. The lowest BCUT2D eigenvalue weighted by Gasteiger charge is -2.19. The maximum Gasteiger partial charge on any atom is 0.490 e. The zero-order valence-corrected chi connectivity index (χ0v) is 19.5. The number of hydrogen-bond acceptors (Lipinski definition) is 11. The van der Waals surface area contributed by atoms with Crippen molar-refractivity contribution in [2.45, 2.75) is 31.3 Å². The summed E-state index contributed by atoms with van der Waals surface area (Å²) in [5.41, 5.74) is -0.702. The van der Waals surface area contributed by atoms with Crippen LogP contribution in [0, 0.1) is 12.9 Å². The molecule has 0 amide bonds. The number of phosphoric ester groups is 1. The molecule has 0 aromatic carbocycles. The van der Waals surface area contributed by atoms with Gasteiger partial charge in [0.05, 0.1) is 12.2 Å². The molecule has 3 aliphatic rings. The Morgan fingerprint density at radius 3 is 2.35 bits per heavy atom. The normalized spacial score (nSPS) is 26.9. The highest BCUT2D eigenvalue weighted by atomic mass is 31.3. The number of aromatic nitrogens is 2. The van der Waals surface area contributed by atoms with Crippen molar-refractivity contribution in [3.8, 4) is 11.4 Å². The molecule has 16 nitrogen and oxygen atoms in total. The minimum Gasteiger partial charge on any atom is -0.387 e. The number of fused-ring (bicyclic) bond motifs is 1. The van der Waals surface area contributed by atoms with Crippen LogP contribution >= 0.6 is 23.5 Å². The first kappa shape index (κ1) is 27.2. The largest absolute Gasteiger partial charge is 0.490 e. The van der Waals surface area contributed by atoms with Crippen LogP contribution in [0.1, 0.15) is 17.2 Å². The zero-order valence-electron chi connectivity index (χ0n) is 16.8. The van der Waals surface area contributed by atoms with E-state index in [4.69, 9.17) is 19.4 Å². The summed E-state index contributed by atoms with van der Waals surface area (Å²) in [6.07, 6.45) is -6.64. The maximum absolute atomic E-state index is 13.7. The van der Waals surface area contributed by atoms with Crippen molar-refractivity contribution in [2.24, 2.45) is 0 Å². The molecule has 34 heavy (non-hydrogen) atoms. The average molecular weight is 550 g/mol. The van der Waals surface area contributed by atoms with Crippen LogP contribution in [-0.4, -0.2) is 64.7 Å². The summed E-state index contributed by atoms with van der Waals surface area (Å²) in [7, 11) is -16.8. The van der Waals surface area contributed by atoms with Crippen LogP contribution in [0.4, 0.5) is 4.39 Å². The number of aliphatic hydroxyl groups excluding tert-OH is 2. The highest BCUT2D eigenvalue weighted by Gasteiger charge is 2.47. The Kier molecular flexibility index (Phi) is 7.64. The summed E-state index contributed by atoms with van der Waals surface area (Å²) in [4.78, 5) is 54.0. The van der Waals surface area contributed by atoms with E-state index in [1.807, 2.05) is 0 Å². The molecule has 0 radical (unpaired) electrons. The second-order valence-electron chi connectivity index (χ2n) is 7.05. The molecule has 1 saturated heterocycles. The molecule has 3 heterocycles. The summed E-state index contributed by atoms with van der Waals surface area (Å²) < 4.78 is 64.3. The van der Waals surface area contributed by atoms with Gasteiger partial charge in [0.25, 0.3) is 5.56 Å². The molecule has 3 rings (SSSR count). The predicted molar refractivity (Wildman–Crippen MR) is 106 cm³/mol. The standard InChI is InChI=1S/C14H18FN2O14P3/c1-5-2-6-3-7(14(20)17-13(6)16-12(5)15)11-10(19)9(18)8(29-11)4-28-33(24,25)31-34(26,27)30-32(21,22)23/h2-3,8-11,18-19H,4H2,1H3,(H,24,25)(H,26,27)(H,16,17,20)(H2,21,22,23)/t8-,9+,10?,11+/m1/s1. The topological polar surface area (TPSA) is 255 Å². The first-order chi connectivity index (χ1) is 15.5. The molecule has 1 fully saturated rings. The van der Waals surface area contributed by atoms with E-state index in [1.54, 1.807) is 0 Å². The van der Waals surface area contributed by atoms with Gasteiger partial charge in [-0.1, -0.05) is 0 Å². The van der Waals surface area contributed by atoms with Crippen molar-refractivity contribution >= 4 is 23.5 Å². The summed E-state index contributed by atoms with van der Waals surface area (Å²) in [6.45, 7) is 0.394. The molecule has 0 aromatic heterocycles. The number of halogens is 1. The first-order valence-electron chi connectivity index (χ1n) is 8.98. The van der Waals surface area contributed by atoms with Crippen LogP contribution in [0.15, 0.2) is 16.9 Å². The molecule has 0 aliphatic carbocycles.